The summed E-state index contributed by atoms with van der Waals surface area (Å²) in [7, 11) is 0. The zero-order valence-electron chi connectivity index (χ0n) is 21.6. The van der Waals surface area contributed by atoms with E-state index in [1.165, 1.54) is 35.6 Å². The van der Waals surface area contributed by atoms with Crippen molar-refractivity contribution in [2.75, 3.05) is 5.32 Å². The van der Waals surface area contributed by atoms with Crippen molar-refractivity contribution < 1.29 is 24.4 Å². The maximum atomic E-state index is 14.3. The van der Waals surface area contributed by atoms with Gasteiger partial charge in [-0.2, -0.15) is 0 Å². The molecule has 3 aromatic carbocycles. The lowest BCUT2D eigenvalue weighted by Crippen LogP contribution is -2.45. The fraction of sp³-hybridized carbons (Fsp3) is 0.167. The number of ketones is 1. The molecule has 9 nitrogen and oxygen atoms in total. The Kier molecular flexibility index (Phi) is 7.87. The number of thiophene rings is 1. The number of hydrogen-bond donors (Lipinski definition) is 2. The van der Waals surface area contributed by atoms with Crippen LogP contribution in [0.25, 0.3) is 0 Å². The number of amides is 2. The topological polar surface area (TPSA) is 130 Å². The van der Waals surface area contributed by atoms with Gasteiger partial charge >= 0.3 is 12.0 Å². The zero-order valence-corrected chi connectivity index (χ0v) is 23.2. The molecule has 1 aromatic heterocycles. The van der Waals surface area contributed by atoms with Crippen molar-refractivity contribution in [2.45, 2.75) is 24.9 Å². The predicted octanol–water partition coefficient (Wildman–Crippen LogP) is 6.94. The number of carboxylic acid groups (broad SMARTS) is 1. The number of carbonyl (C=O) groups excluding carboxylic acids is 2. The average Bonchev–Trinajstić information content (AvgIpc) is 3.59. The lowest BCUT2D eigenvalue weighted by molar-refractivity contribution is -0.385. The summed E-state index contributed by atoms with van der Waals surface area (Å²) in [5.74, 6) is -3.79. The molecule has 0 radical (unpaired) electrons. The Morgan fingerprint density at radius 3 is 2.41 bits per heavy atom. The maximum absolute atomic E-state index is 14.3. The van der Waals surface area contributed by atoms with Crippen molar-refractivity contribution in [1.29, 1.82) is 0 Å². The van der Waals surface area contributed by atoms with Gasteiger partial charge in [0.25, 0.3) is 5.69 Å². The number of hydrogen-bond acceptors (Lipinski definition) is 6. The standard InChI is InChI=1S/C30H24ClN3O6S/c1-17-6-2-10-21(14-17)32-30(38)33-26(18-7-4-11-22(16-18)34(39)40)25(28(35)19-8-3-9-20(31)15-19)24(27(33)29(36)37)23-12-5-13-41-23/h2-16,24-27H,1H3,(H,32,38)(H,36,37). The Labute approximate surface area is 244 Å². The summed E-state index contributed by atoms with van der Waals surface area (Å²) in [6.45, 7) is 1.85. The molecule has 1 saturated heterocycles. The number of carboxylic acids is 1. The van der Waals surface area contributed by atoms with E-state index in [2.05, 4.69) is 5.32 Å². The van der Waals surface area contributed by atoms with Gasteiger partial charge in [-0.1, -0.05) is 54.1 Å². The molecule has 2 amide bonds. The van der Waals surface area contributed by atoms with Crippen molar-refractivity contribution in [1.82, 2.24) is 4.90 Å². The molecule has 2 heterocycles. The number of benzene rings is 3. The molecule has 11 heteroatoms. The third-order valence-electron chi connectivity index (χ3n) is 7.13. The largest absolute Gasteiger partial charge is 0.480 e. The normalized spacial score (nSPS) is 20.0. The maximum Gasteiger partial charge on any atom is 0.327 e. The van der Waals surface area contributed by atoms with Crippen LogP contribution in [-0.4, -0.2) is 38.8 Å². The van der Waals surface area contributed by atoms with Gasteiger partial charge in [-0.15, -0.1) is 11.3 Å². The van der Waals surface area contributed by atoms with Crippen LogP contribution in [0.2, 0.25) is 5.02 Å². The molecule has 1 aliphatic heterocycles. The molecule has 1 fully saturated rings. The molecule has 0 saturated carbocycles. The Bertz CT molecular complexity index is 1640. The summed E-state index contributed by atoms with van der Waals surface area (Å²) in [6.07, 6.45) is 0. The summed E-state index contributed by atoms with van der Waals surface area (Å²) in [5.41, 5.74) is 1.57. The van der Waals surface area contributed by atoms with Gasteiger partial charge in [0.1, 0.15) is 6.04 Å². The van der Waals surface area contributed by atoms with Crippen molar-refractivity contribution in [3.8, 4) is 0 Å². The van der Waals surface area contributed by atoms with Crippen molar-refractivity contribution >= 4 is 52.1 Å². The first kappa shape index (κ1) is 28.0. The van der Waals surface area contributed by atoms with Gasteiger partial charge in [0.2, 0.25) is 0 Å². The number of aliphatic carboxylic acids is 1. The fourth-order valence-electron chi connectivity index (χ4n) is 5.49. The van der Waals surface area contributed by atoms with E-state index < -0.39 is 46.6 Å². The van der Waals surface area contributed by atoms with Gasteiger partial charge in [0, 0.05) is 39.2 Å². The first-order valence-corrected chi connectivity index (χ1v) is 13.9. The van der Waals surface area contributed by atoms with E-state index in [1.807, 2.05) is 13.0 Å². The molecular formula is C30H24ClN3O6S. The SMILES string of the molecule is Cc1cccc(NC(=O)N2C(C(=O)O)C(c3cccs3)C(C(=O)c3cccc(Cl)c3)C2c2cccc([N+](=O)[O-])c2)c1. The van der Waals surface area contributed by atoms with Crippen LogP contribution in [-0.2, 0) is 4.79 Å². The number of carbonyl (C=O) groups is 3. The number of Topliss-reactive ketones (excluding diaryl/α,β-unsaturated/α-hetero) is 1. The summed E-state index contributed by atoms with van der Waals surface area (Å²) in [5, 5.41) is 27.1. The molecule has 4 unspecified atom stereocenters. The van der Waals surface area contributed by atoms with Crippen LogP contribution in [0.15, 0.2) is 90.3 Å². The first-order chi connectivity index (χ1) is 19.7. The van der Waals surface area contributed by atoms with Crippen LogP contribution in [0.5, 0.6) is 0 Å². The number of urea groups is 1. The van der Waals surface area contributed by atoms with Crippen LogP contribution in [0.4, 0.5) is 16.2 Å². The van der Waals surface area contributed by atoms with Crippen LogP contribution in [0.3, 0.4) is 0 Å². The molecule has 208 valence electrons. The molecule has 4 aromatic rings. The van der Waals surface area contributed by atoms with Crippen LogP contribution >= 0.6 is 22.9 Å². The molecule has 41 heavy (non-hydrogen) atoms. The number of halogens is 1. The number of aryl methyl sites for hydroxylation is 1. The van der Waals surface area contributed by atoms with Crippen LogP contribution < -0.4 is 5.32 Å². The van der Waals surface area contributed by atoms with Crippen molar-refractivity contribution in [3.63, 3.8) is 0 Å². The summed E-state index contributed by atoms with van der Waals surface area (Å²) < 4.78 is 0. The lowest BCUT2D eigenvalue weighted by Gasteiger charge is -2.30. The van der Waals surface area contributed by atoms with E-state index in [4.69, 9.17) is 11.6 Å². The summed E-state index contributed by atoms with van der Waals surface area (Å²) in [4.78, 5) is 54.2. The second-order valence-electron chi connectivity index (χ2n) is 9.73. The van der Waals surface area contributed by atoms with E-state index in [1.54, 1.807) is 60.0 Å². The van der Waals surface area contributed by atoms with Crippen LogP contribution in [0, 0.1) is 23.0 Å². The molecule has 0 spiro atoms. The quantitative estimate of drug-likeness (QED) is 0.136. The van der Waals surface area contributed by atoms with Crippen molar-refractivity contribution in [3.05, 3.63) is 127 Å². The number of non-ortho nitro benzene ring substituents is 1. The van der Waals surface area contributed by atoms with E-state index in [0.717, 1.165) is 10.5 Å². The second kappa shape index (κ2) is 11.5. The van der Waals surface area contributed by atoms with Gasteiger partial charge in [0.15, 0.2) is 5.78 Å². The number of nitro groups is 1. The molecule has 1 aliphatic rings. The number of anilines is 1. The molecule has 5 rings (SSSR count). The first-order valence-electron chi connectivity index (χ1n) is 12.6. The predicted molar refractivity (Wildman–Crippen MR) is 156 cm³/mol. The van der Waals surface area contributed by atoms with Crippen LogP contribution in [0.1, 0.15) is 38.3 Å². The number of likely N-dealkylation sites (tertiary alicyclic amines) is 1. The molecule has 4 atom stereocenters. The number of nitrogens with one attached hydrogen (secondary N) is 1. The Morgan fingerprint density at radius 2 is 1.76 bits per heavy atom. The molecule has 0 aliphatic carbocycles. The smallest absolute Gasteiger partial charge is 0.327 e. The van der Waals surface area contributed by atoms with E-state index in [0.29, 0.717) is 15.6 Å². The minimum absolute atomic E-state index is 0.240. The number of nitro benzene ring substituents is 1. The molecular weight excluding hydrogens is 566 g/mol. The van der Waals surface area contributed by atoms with E-state index >= 15 is 0 Å². The average molecular weight is 590 g/mol. The fourth-order valence-corrected chi connectivity index (χ4v) is 6.59. The lowest BCUT2D eigenvalue weighted by atomic mass is 9.78. The van der Waals surface area contributed by atoms with Gasteiger partial charge in [-0.25, -0.2) is 9.59 Å². The Hall–Kier alpha value is -4.54. The van der Waals surface area contributed by atoms with E-state index in [9.17, 15) is 29.6 Å². The minimum Gasteiger partial charge on any atom is -0.480 e. The Morgan fingerprint density at radius 1 is 1.00 bits per heavy atom. The molecule has 0 bridgehead atoms. The minimum atomic E-state index is -1.46. The van der Waals surface area contributed by atoms with Crippen molar-refractivity contribution in [2.24, 2.45) is 5.92 Å². The second-order valence-corrected chi connectivity index (χ2v) is 11.1. The van der Waals surface area contributed by atoms with Gasteiger partial charge < -0.3 is 15.3 Å². The summed E-state index contributed by atoms with van der Waals surface area (Å²) >= 11 is 7.49. The van der Waals surface area contributed by atoms with Gasteiger partial charge in [-0.3, -0.25) is 14.9 Å². The van der Waals surface area contributed by atoms with E-state index in [-0.39, 0.29) is 16.8 Å². The number of nitrogens with zero attached hydrogens (tertiary/aromatic N) is 2. The Balaban J connectivity index is 1.73. The highest BCUT2D eigenvalue weighted by molar-refractivity contribution is 7.10. The monoisotopic (exact) mass is 589 g/mol. The highest BCUT2D eigenvalue weighted by atomic mass is 35.5. The van der Waals surface area contributed by atoms with Gasteiger partial charge in [-0.05, 0) is 53.8 Å². The highest BCUT2D eigenvalue weighted by Gasteiger charge is 2.58. The molecule has 2 N–H and O–H groups in total. The number of rotatable bonds is 7. The zero-order chi connectivity index (χ0) is 29.3. The highest BCUT2D eigenvalue weighted by Crippen LogP contribution is 2.52. The summed E-state index contributed by atoms with van der Waals surface area (Å²) in [6, 6.07) is 19.0. The third kappa shape index (κ3) is 5.57. The van der Waals surface area contributed by atoms with Gasteiger partial charge in [0.05, 0.1) is 16.9 Å². The third-order valence-corrected chi connectivity index (χ3v) is 8.34.